The van der Waals surface area contributed by atoms with Crippen LogP contribution in [0.1, 0.15) is 13.0 Å². The van der Waals surface area contributed by atoms with Gasteiger partial charge in [0.25, 0.3) is 0 Å². The maximum atomic E-state index is 14.5. The largest absolute Gasteiger partial charge is 0.382 e. The molecular formula is C20H16FN7S. The van der Waals surface area contributed by atoms with Crippen LogP contribution in [0, 0.1) is 5.82 Å². The molecule has 0 fully saturated rings. The number of para-hydroxylation sites is 1. The molecule has 1 atom stereocenters. The Morgan fingerprint density at radius 3 is 2.69 bits per heavy atom. The third-order valence-corrected chi connectivity index (χ3v) is 5.91. The number of aromatic nitrogens is 4. The number of hydrogen-bond donors (Lipinski definition) is 1. The number of rotatable bonds is 3. The molecule has 0 spiro atoms. The highest BCUT2D eigenvalue weighted by atomic mass is 32.2. The molecule has 0 aliphatic carbocycles. The van der Waals surface area contributed by atoms with Crippen LogP contribution in [-0.4, -0.2) is 25.4 Å². The Bertz CT molecular complexity index is 1240. The van der Waals surface area contributed by atoms with Crippen LogP contribution in [-0.2, 0) is 0 Å². The normalized spacial score (nSPS) is 14.6. The fourth-order valence-corrected chi connectivity index (χ4v) is 4.33. The number of hydrogen-bond acceptors (Lipinski definition) is 7. The highest BCUT2D eigenvalue weighted by Gasteiger charge is 2.30. The van der Waals surface area contributed by atoms with Gasteiger partial charge < -0.3 is 10.3 Å². The molecule has 1 aliphatic rings. The Morgan fingerprint density at radius 2 is 1.86 bits per heavy atom. The number of nitrogens with two attached hydrogens (primary N) is 1. The Hall–Kier alpha value is -3.46. The first-order valence-electron chi connectivity index (χ1n) is 8.96. The van der Waals surface area contributed by atoms with Gasteiger partial charge in [0.1, 0.15) is 23.5 Å². The van der Waals surface area contributed by atoms with Crippen molar-refractivity contribution in [2.24, 2.45) is 4.99 Å². The van der Waals surface area contributed by atoms with Gasteiger partial charge in [-0.2, -0.15) is 0 Å². The first kappa shape index (κ1) is 17.6. The van der Waals surface area contributed by atoms with Crippen LogP contribution in [0.25, 0.3) is 11.2 Å². The number of nitrogen functional groups attached to an aromatic ring is 1. The van der Waals surface area contributed by atoms with Crippen molar-refractivity contribution in [2.75, 3.05) is 10.0 Å². The molecule has 0 saturated heterocycles. The van der Waals surface area contributed by atoms with Crippen LogP contribution in [0.15, 0.2) is 71.1 Å². The zero-order valence-electron chi connectivity index (χ0n) is 15.4. The van der Waals surface area contributed by atoms with Crippen LogP contribution in [0.4, 0.5) is 21.6 Å². The topological polar surface area (TPSA) is 85.2 Å². The minimum Gasteiger partial charge on any atom is -0.382 e. The number of amidine groups is 1. The van der Waals surface area contributed by atoms with E-state index < -0.39 is 0 Å². The van der Waals surface area contributed by atoms with Crippen molar-refractivity contribution in [1.29, 1.82) is 0 Å². The Labute approximate surface area is 170 Å². The summed E-state index contributed by atoms with van der Waals surface area (Å²) >= 11 is 1.32. The Balaban J connectivity index is 1.67. The first-order valence-corrected chi connectivity index (χ1v) is 9.74. The molecule has 144 valence electrons. The lowest BCUT2D eigenvalue weighted by molar-refractivity contribution is 0.602. The smallest absolute Gasteiger partial charge is 0.166 e. The SMILES string of the molecule is CC(C1=Nc2cccc(F)c2SN1c1ccccc1)n1cnc2c(N)ncnc21. The van der Waals surface area contributed by atoms with Gasteiger partial charge in [0.15, 0.2) is 11.5 Å². The van der Waals surface area contributed by atoms with Gasteiger partial charge in [-0.1, -0.05) is 24.3 Å². The van der Waals surface area contributed by atoms with Gasteiger partial charge in [0, 0.05) is 0 Å². The Morgan fingerprint density at radius 1 is 1.03 bits per heavy atom. The van der Waals surface area contributed by atoms with Crippen LogP contribution in [0.3, 0.4) is 0 Å². The van der Waals surface area contributed by atoms with Crippen molar-refractivity contribution in [1.82, 2.24) is 19.5 Å². The lowest BCUT2D eigenvalue weighted by atomic mass is 10.2. The molecule has 5 rings (SSSR count). The number of aliphatic imine (C=N–C) groups is 1. The fraction of sp³-hybridized carbons (Fsp3) is 0.100. The van der Waals surface area contributed by atoms with E-state index in [1.54, 1.807) is 12.4 Å². The van der Waals surface area contributed by atoms with Crippen LogP contribution in [0.2, 0.25) is 0 Å². The molecule has 0 amide bonds. The summed E-state index contributed by atoms with van der Waals surface area (Å²) in [6, 6.07) is 14.4. The molecule has 9 heteroatoms. The minimum absolute atomic E-state index is 0.238. The second-order valence-electron chi connectivity index (χ2n) is 6.54. The average molecular weight is 405 g/mol. The molecule has 2 N–H and O–H groups in total. The van der Waals surface area contributed by atoms with E-state index >= 15 is 0 Å². The van der Waals surface area contributed by atoms with E-state index in [0.717, 1.165) is 11.5 Å². The molecule has 4 aromatic rings. The summed E-state index contributed by atoms with van der Waals surface area (Å²) in [6.45, 7) is 2.00. The van der Waals surface area contributed by atoms with E-state index in [1.807, 2.05) is 52.2 Å². The summed E-state index contributed by atoms with van der Waals surface area (Å²) in [6.07, 6.45) is 3.09. The molecule has 3 heterocycles. The molecule has 1 aliphatic heterocycles. The summed E-state index contributed by atoms with van der Waals surface area (Å²) in [7, 11) is 0. The van der Waals surface area contributed by atoms with Crippen LogP contribution in [0.5, 0.6) is 0 Å². The lowest BCUT2D eigenvalue weighted by Gasteiger charge is -2.32. The number of nitrogens with zero attached hydrogens (tertiary/aromatic N) is 6. The minimum atomic E-state index is -0.294. The first-order chi connectivity index (χ1) is 14.1. The predicted octanol–water partition coefficient (Wildman–Crippen LogP) is 4.37. The molecule has 2 aromatic carbocycles. The summed E-state index contributed by atoms with van der Waals surface area (Å²) in [5, 5.41) is 0. The quantitative estimate of drug-likeness (QED) is 0.510. The predicted molar refractivity (Wildman–Crippen MR) is 113 cm³/mol. The molecular weight excluding hydrogens is 389 g/mol. The van der Waals surface area contributed by atoms with E-state index in [2.05, 4.69) is 15.0 Å². The number of imidazole rings is 1. The summed E-state index contributed by atoms with van der Waals surface area (Å²) in [5.41, 5.74) is 8.60. The standard InChI is InChI=1S/C20H16FN7S/c1-12(27-11-25-16-18(22)23-10-24-20(16)27)19-26-15-9-5-8-14(21)17(15)29-28(19)13-6-3-2-4-7-13/h2-12H,1H3,(H2,22,23,24). The molecule has 0 radical (unpaired) electrons. The second-order valence-corrected chi connectivity index (χ2v) is 7.49. The number of fused-ring (bicyclic) bond motifs is 2. The van der Waals surface area contributed by atoms with Gasteiger partial charge in [0.2, 0.25) is 0 Å². The zero-order chi connectivity index (χ0) is 20.0. The highest BCUT2D eigenvalue weighted by molar-refractivity contribution is 8.01. The molecule has 7 nitrogen and oxygen atoms in total. The highest BCUT2D eigenvalue weighted by Crippen LogP contribution is 2.43. The van der Waals surface area contributed by atoms with Crippen molar-refractivity contribution in [3.05, 3.63) is 67.0 Å². The number of benzene rings is 2. The van der Waals surface area contributed by atoms with Gasteiger partial charge in [0.05, 0.1) is 28.6 Å². The van der Waals surface area contributed by atoms with Crippen molar-refractivity contribution in [3.63, 3.8) is 0 Å². The van der Waals surface area contributed by atoms with Crippen LogP contribution >= 0.6 is 11.9 Å². The summed E-state index contributed by atoms with van der Waals surface area (Å²) in [5.74, 6) is 0.765. The molecule has 2 aromatic heterocycles. The van der Waals surface area contributed by atoms with Crippen molar-refractivity contribution in [2.45, 2.75) is 17.9 Å². The van der Waals surface area contributed by atoms with Crippen molar-refractivity contribution >= 4 is 46.1 Å². The van der Waals surface area contributed by atoms with E-state index in [4.69, 9.17) is 10.7 Å². The zero-order valence-corrected chi connectivity index (χ0v) is 16.2. The van der Waals surface area contributed by atoms with E-state index in [0.29, 0.717) is 27.6 Å². The molecule has 29 heavy (non-hydrogen) atoms. The molecule has 0 saturated carbocycles. The van der Waals surface area contributed by atoms with Gasteiger partial charge in [-0.25, -0.2) is 24.3 Å². The van der Waals surface area contributed by atoms with Gasteiger partial charge in [-0.15, -0.1) is 0 Å². The Kier molecular flexibility index (Phi) is 4.17. The number of anilines is 2. The average Bonchev–Trinajstić information content (AvgIpc) is 3.19. The maximum Gasteiger partial charge on any atom is 0.166 e. The summed E-state index contributed by atoms with van der Waals surface area (Å²) < 4.78 is 18.3. The van der Waals surface area contributed by atoms with E-state index in [1.165, 1.54) is 24.3 Å². The second kappa shape index (κ2) is 6.85. The molecule has 1 unspecified atom stereocenters. The molecule has 0 bridgehead atoms. The maximum absolute atomic E-state index is 14.5. The lowest BCUT2D eigenvalue weighted by Crippen LogP contribution is -2.33. The fourth-order valence-electron chi connectivity index (χ4n) is 3.27. The van der Waals surface area contributed by atoms with Gasteiger partial charge in [-0.3, -0.25) is 4.31 Å². The van der Waals surface area contributed by atoms with Gasteiger partial charge in [-0.05, 0) is 43.1 Å². The van der Waals surface area contributed by atoms with Gasteiger partial charge >= 0.3 is 0 Å². The van der Waals surface area contributed by atoms with E-state index in [9.17, 15) is 4.39 Å². The number of halogens is 1. The monoisotopic (exact) mass is 405 g/mol. The third kappa shape index (κ3) is 2.90. The van der Waals surface area contributed by atoms with Crippen molar-refractivity contribution in [3.8, 4) is 0 Å². The van der Waals surface area contributed by atoms with Crippen molar-refractivity contribution < 1.29 is 4.39 Å². The summed E-state index contributed by atoms with van der Waals surface area (Å²) in [4.78, 5) is 18.0. The van der Waals surface area contributed by atoms with Crippen LogP contribution < -0.4 is 10.0 Å². The third-order valence-electron chi connectivity index (χ3n) is 4.74. The van der Waals surface area contributed by atoms with E-state index in [-0.39, 0.29) is 11.9 Å².